The van der Waals surface area contributed by atoms with Crippen molar-refractivity contribution in [3.05, 3.63) is 77.4 Å². The third kappa shape index (κ3) is 12.7. The first-order valence-corrected chi connectivity index (χ1v) is 25.1. The van der Waals surface area contributed by atoms with Gasteiger partial charge in [-0.1, -0.05) is 141 Å². The molecule has 0 radical (unpaired) electrons. The number of fused-ring (bicyclic) bond motifs is 5. The van der Waals surface area contributed by atoms with Crippen molar-refractivity contribution in [2.45, 2.75) is 182 Å². The maximum absolute atomic E-state index is 13.0. The van der Waals surface area contributed by atoms with E-state index in [1.807, 2.05) is 48.5 Å². The van der Waals surface area contributed by atoms with Crippen molar-refractivity contribution in [3.63, 3.8) is 0 Å². The molecule has 2 aromatic rings. The number of benzene rings is 2. The summed E-state index contributed by atoms with van der Waals surface area (Å²) in [6.45, 7) is 16.0. The van der Waals surface area contributed by atoms with Gasteiger partial charge in [-0.15, -0.1) is 0 Å². The van der Waals surface area contributed by atoms with E-state index in [0.29, 0.717) is 29.8 Å². The first kappa shape index (κ1) is 47.1. The van der Waals surface area contributed by atoms with Gasteiger partial charge in [0.2, 0.25) is 0 Å². The Labute approximate surface area is 371 Å². The number of hydrogen-bond donors (Lipinski definition) is 0. The van der Waals surface area contributed by atoms with Crippen LogP contribution in [0.15, 0.2) is 66.3 Å². The molecule has 3 saturated carbocycles. The maximum Gasteiger partial charge on any atom is 0.306 e. The second-order valence-corrected chi connectivity index (χ2v) is 20.7. The minimum absolute atomic E-state index is 0.00303. The van der Waals surface area contributed by atoms with Crippen molar-refractivity contribution >= 4 is 17.8 Å². The van der Waals surface area contributed by atoms with Crippen molar-refractivity contribution in [2.75, 3.05) is 13.2 Å². The van der Waals surface area contributed by atoms with E-state index in [2.05, 4.69) is 47.6 Å². The zero-order chi connectivity index (χ0) is 43.2. The fourth-order valence-corrected chi connectivity index (χ4v) is 12.5. The van der Waals surface area contributed by atoms with Crippen molar-refractivity contribution in [1.82, 2.24) is 0 Å². The topological polar surface area (TPSA) is 61.8 Å². The summed E-state index contributed by atoms with van der Waals surface area (Å²) in [5.41, 5.74) is 3.89. The molecule has 4 aliphatic carbocycles. The Bertz CT molecular complexity index is 1740. The molecule has 5 heteroatoms. The van der Waals surface area contributed by atoms with Gasteiger partial charge >= 0.3 is 5.97 Å². The highest BCUT2D eigenvalue weighted by Crippen LogP contribution is 2.67. The van der Waals surface area contributed by atoms with Crippen LogP contribution in [0.1, 0.15) is 192 Å². The summed E-state index contributed by atoms with van der Waals surface area (Å²) in [5.74, 6) is 6.39. The molecule has 0 aliphatic heterocycles. The Balaban J connectivity index is 0.874. The van der Waals surface area contributed by atoms with E-state index < -0.39 is 0 Å². The lowest BCUT2D eigenvalue weighted by Gasteiger charge is -2.58. The average molecular weight is 835 g/mol. The van der Waals surface area contributed by atoms with Gasteiger partial charge in [0.25, 0.3) is 0 Å². The molecule has 2 aromatic carbocycles. The van der Waals surface area contributed by atoms with Crippen LogP contribution in [0.4, 0.5) is 0 Å². The summed E-state index contributed by atoms with van der Waals surface area (Å²) in [6, 6.07) is 15.3. The van der Waals surface area contributed by atoms with Crippen molar-refractivity contribution < 1.29 is 23.8 Å². The molecule has 6 rings (SSSR count). The summed E-state index contributed by atoms with van der Waals surface area (Å²) >= 11 is 0. The van der Waals surface area contributed by atoms with Crippen LogP contribution in [0.3, 0.4) is 0 Å². The Morgan fingerprint density at radius 2 is 1.51 bits per heavy atom. The van der Waals surface area contributed by atoms with E-state index >= 15 is 0 Å². The van der Waals surface area contributed by atoms with E-state index in [1.54, 1.807) is 17.7 Å². The van der Waals surface area contributed by atoms with E-state index in [4.69, 9.17) is 14.2 Å². The standard InChI is InChI=1S/C56H82O5/c1-7-8-9-10-11-12-14-37-59-46-27-23-43(24-28-46)25-32-53(57)44-20-17-21-47(39-44)60-38-15-13-22-54(58)61-48-33-35-55(5)45(40-48)26-29-49-51-31-30-50(42(4)19-16-18-41(2)3)56(51,6)36-34-52(49)55/h17,20-21,23-28,32,39,41-42,48-52H,7-16,18-19,22,29-31,33-38,40H2,1-6H3/b32-25+/t42-,48+,49+,50-,51+,52+,55+,56-/m1/s1. The number of ketones is 1. The Hall–Kier alpha value is -3.34. The minimum Gasteiger partial charge on any atom is -0.494 e. The molecule has 336 valence electrons. The van der Waals surface area contributed by atoms with Crippen molar-refractivity contribution in [2.24, 2.45) is 46.3 Å². The average Bonchev–Trinajstić information content (AvgIpc) is 3.61. The highest BCUT2D eigenvalue weighted by atomic mass is 16.5. The summed E-state index contributed by atoms with van der Waals surface area (Å²) in [7, 11) is 0. The Morgan fingerprint density at radius 1 is 0.770 bits per heavy atom. The van der Waals surface area contributed by atoms with E-state index in [9.17, 15) is 9.59 Å². The predicted octanol–water partition coefficient (Wildman–Crippen LogP) is 15.2. The number of unbranched alkanes of at least 4 members (excludes halogenated alkanes) is 7. The fraction of sp³-hybridized carbons (Fsp3) is 0.679. The lowest BCUT2D eigenvalue weighted by atomic mass is 9.47. The molecule has 8 atom stereocenters. The molecule has 0 saturated heterocycles. The molecule has 61 heavy (non-hydrogen) atoms. The molecule has 0 aromatic heterocycles. The molecule has 5 nitrogen and oxygen atoms in total. The van der Waals surface area contributed by atoms with Crippen LogP contribution in [0.5, 0.6) is 11.5 Å². The summed E-state index contributed by atoms with van der Waals surface area (Å²) < 4.78 is 18.1. The molecular formula is C56H82O5. The van der Waals surface area contributed by atoms with E-state index in [0.717, 1.165) is 92.0 Å². The molecule has 3 fully saturated rings. The van der Waals surface area contributed by atoms with Crippen molar-refractivity contribution in [3.8, 4) is 11.5 Å². The van der Waals surface area contributed by atoms with Crippen LogP contribution < -0.4 is 9.47 Å². The third-order valence-electron chi connectivity index (χ3n) is 16.0. The zero-order valence-electron chi connectivity index (χ0n) is 39.2. The van der Waals surface area contributed by atoms with E-state index in [-0.39, 0.29) is 23.3 Å². The quantitative estimate of drug-likeness (QED) is 0.0347. The van der Waals surface area contributed by atoms with E-state index in [1.165, 1.54) is 89.9 Å². The predicted molar refractivity (Wildman–Crippen MR) is 252 cm³/mol. The summed E-state index contributed by atoms with van der Waals surface area (Å²) in [5, 5.41) is 0. The lowest BCUT2D eigenvalue weighted by molar-refractivity contribution is -0.151. The van der Waals surface area contributed by atoms with Gasteiger partial charge in [0, 0.05) is 18.4 Å². The monoisotopic (exact) mass is 835 g/mol. The van der Waals surface area contributed by atoms with Crippen LogP contribution in [0.2, 0.25) is 0 Å². The summed E-state index contributed by atoms with van der Waals surface area (Å²) in [4.78, 5) is 26.0. The fourth-order valence-electron chi connectivity index (χ4n) is 12.5. The third-order valence-corrected chi connectivity index (χ3v) is 16.0. The Morgan fingerprint density at radius 3 is 2.28 bits per heavy atom. The normalized spacial score (nSPS) is 27.5. The zero-order valence-corrected chi connectivity index (χ0v) is 39.2. The van der Waals surface area contributed by atoms with Gasteiger partial charge in [0.05, 0.1) is 13.2 Å². The molecular weight excluding hydrogens is 753 g/mol. The van der Waals surface area contributed by atoms with Gasteiger partial charge < -0.3 is 14.2 Å². The van der Waals surface area contributed by atoms with Crippen LogP contribution in [0.25, 0.3) is 6.08 Å². The second-order valence-electron chi connectivity index (χ2n) is 20.7. The molecule has 0 N–H and O–H groups in total. The van der Waals surface area contributed by atoms with Gasteiger partial charge in [0.15, 0.2) is 5.78 Å². The molecule has 0 amide bonds. The number of carbonyl (C=O) groups excluding carboxylic acids is 2. The molecule has 0 spiro atoms. The summed E-state index contributed by atoms with van der Waals surface area (Å²) in [6.07, 6.45) is 30.9. The minimum atomic E-state index is -0.0825. The highest BCUT2D eigenvalue weighted by molar-refractivity contribution is 6.07. The number of rotatable bonds is 24. The Kier molecular flexibility index (Phi) is 17.7. The number of allylic oxidation sites excluding steroid dienone is 2. The van der Waals surface area contributed by atoms with Crippen LogP contribution in [-0.2, 0) is 9.53 Å². The second kappa shape index (κ2) is 22.8. The van der Waals surface area contributed by atoms with Crippen LogP contribution >= 0.6 is 0 Å². The largest absolute Gasteiger partial charge is 0.494 e. The van der Waals surface area contributed by atoms with Crippen LogP contribution in [-0.4, -0.2) is 31.1 Å². The molecule has 0 heterocycles. The number of carbonyl (C=O) groups is 2. The smallest absolute Gasteiger partial charge is 0.306 e. The number of esters is 1. The van der Waals surface area contributed by atoms with Crippen molar-refractivity contribution in [1.29, 1.82) is 0 Å². The van der Waals surface area contributed by atoms with Gasteiger partial charge in [0.1, 0.15) is 17.6 Å². The van der Waals surface area contributed by atoms with Crippen LogP contribution in [0, 0.1) is 46.3 Å². The SMILES string of the molecule is CCCCCCCCCOc1ccc(/C=C/C(=O)c2cccc(OCCCCC(=O)O[C@H]3CC[C@@]4(C)C(=CC[C@H]5[C@@H]6CC[C@H]([C@H](C)CCCC(C)C)[C@@]6(C)CC[C@@H]54)C3)c2)cc1. The van der Waals surface area contributed by atoms with Gasteiger partial charge in [-0.2, -0.15) is 0 Å². The van der Waals surface area contributed by atoms with Gasteiger partial charge in [-0.05, 0) is 146 Å². The first-order chi connectivity index (χ1) is 29.5. The molecule has 4 aliphatic rings. The molecule has 0 bridgehead atoms. The maximum atomic E-state index is 13.0. The number of ether oxygens (including phenoxy) is 3. The number of hydrogen-bond acceptors (Lipinski definition) is 5. The lowest BCUT2D eigenvalue weighted by Crippen LogP contribution is -2.51. The van der Waals surface area contributed by atoms with Gasteiger partial charge in [-0.25, -0.2) is 0 Å². The molecule has 0 unspecified atom stereocenters. The van der Waals surface area contributed by atoms with Gasteiger partial charge in [-0.3, -0.25) is 9.59 Å². The first-order valence-electron chi connectivity index (χ1n) is 25.1. The highest BCUT2D eigenvalue weighted by Gasteiger charge is 2.59.